The number of halogens is 1. The number of aryl methyl sites for hydroxylation is 2. The third-order valence-corrected chi connectivity index (χ3v) is 6.98. The van der Waals surface area contributed by atoms with Crippen LogP contribution >= 0.6 is 34.7 Å². The number of hydrogen-bond acceptors (Lipinski definition) is 6. The summed E-state index contributed by atoms with van der Waals surface area (Å²) in [5.74, 6) is 2.95. The fraction of sp³-hybridized carbons (Fsp3) is 0.190. The van der Waals surface area contributed by atoms with Gasteiger partial charge in [0, 0.05) is 12.2 Å². The van der Waals surface area contributed by atoms with Gasteiger partial charge in [-0.3, -0.25) is 4.40 Å². The van der Waals surface area contributed by atoms with Crippen LogP contribution in [0.3, 0.4) is 0 Å². The first-order valence-electron chi connectivity index (χ1n) is 9.24. The van der Waals surface area contributed by atoms with Crippen molar-refractivity contribution in [3.05, 3.63) is 64.1 Å². The molecule has 4 heterocycles. The second-order valence-corrected chi connectivity index (χ2v) is 8.92. The average molecular weight is 441 g/mol. The molecule has 0 N–H and O–H groups in total. The number of thioether (sulfide) groups is 1. The zero-order chi connectivity index (χ0) is 20.0. The predicted molar refractivity (Wildman–Crippen MR) is 119 cm³/mol. The highest BCUT2D eigenvalue weighted by Crippen LogP contribution is 2.34. The second kappa shape index (κ2) is 7.48. The molecular weight excluding hydrogens is 424 g/mol. The normalized spacial score (nSPS) is 11.7. The van der Waals surface area contributed by atoms with E-state index < -0.39 is 0 Å². The van der Waals surface area contributed by atoms with Crippen molar-refractivity contribution < 1.29 is 4.42 Å². The molecule has 5 rings (SSSR count). The number of thiophene rings is 1. The van der Waals surface area contributed by atoms with Crippen LogP contribution in [0.1, 0.15) is 24.2 Å². The van der Waals surface area contributed by atoms with Crippen LogP contribution in [0, 0.1) is 6.92 Å². The van der Waals surface area contributed by atoms with Crippen molar-refractivity contribution in [3.63, 3.8) is 0 Å². The van der Waals surface area contributed by atoms with E-state index in [1.165, 1.54) is 10.2 Å². The lowest BCUT2D eigenvalue weighted by atomic mass is 10.2. The summed E-state index contributed by atoms with van der Waals surface area (Å²) in [6, 6.07) is 11.9. The molecule has 0 unspecified atom stereocenters. The van der Waals surface area contributed by atoms with Crippen molar-refractivity contribution in [1.82, 2.24) is 19.6 Å². The minimum absolute atomic E-state index is 0.546. The minimum atomic E-state index is 0.546. The van der Waals surface area contributed by atoms with Crippen LogP contribution in [0.5, 0.6) is 0 Å². The minimum Gasteiger partial charge on any atom is -0.441 e. The zero-order valence-corrected chi connectivity index (χ0v) is 18.2. The van der Waals surface area contributed by atoms with Gasteiger partial charge in [-0.1, -0.05) is 42.4 Å². The summed E-state index contributed by atoms with van der Waals surface area (Å²) in [5, 5.41) is 12.6. The maximum atomic E-state index is 6.29. The van der Waals surface area contributed by atoms with Gasteiger partial charge in [0.1, 0.15) is 16.6 Å². The molecule has 4 aromatic heterocycles. The smallest absolute Gasteiger partial charge is 0.228 e. The van der Waals surface area contributed by atoms with Gasteiger partial charge in [-0.25, -0.2) is 4.98 Å². The van der Waals surface area contributed by atoms with Gasteiger partial charge in [-0.2, -0.15) is 0 Å². The highest BCUT2D eigenvalue weighted by molar-refractivity contribution is 7.98. The van der Waals surface area contributed by atoms with E-state index in [1.54, 1.807) is 23.1 Å². The SMILES string of the molecule is CCc1nnc(SCc2nc(-c3ccccc3Cl)oc2C)c2cc3sccc3n12. The van der Waals surface area contributed by atoms with Crippen molar-refractivity contribution in [3.8, 4) is 11.5 Å². The van der Waals surface area contributed by atoms with Crippen molar-refractivity contribution in [2.45, 2.75) is 31.0 Å². The van der Waals surface area contributed by atoms with E-state index in [9.17, 15) is 0 Å². The molecule has 0 atom stereocenters. The summed E-state index contributed by atoms with van der Waals surface area (Å²) in [5.41, 5.74) is 3.97. The largest absolute Gasteiger partial charge is 0.441 e. The standard InChI is InChI=1S/C21H17ClN4OS2/c1-3-19-24-25-21(17-10-18-16(26(17)19)8-9-28-18)29-11-15-12(2)27-20(23-15)13-6-4-5-7-14(13)22/h4-10H,3,11H2,1-2H3. The summed E-state index contributed by atoms with van der Waals surface area (Å²) < 4.78 is 9.34. The topological polar surface area (TPSA) is 56.2 Å². The highest BCUT2D eigenvalue weighted by atomic mass is 35.5. The van der Waals surface area contributed by atoms with Crippen LogP contribution in [0.2, 0.25) is 5.02 Å². The first-order valence-corrected chi connectivity index (χ1v) is 11.5. The third-order valence-electron chi connectivity index (χ3n) is 4.82. The third kappa shape index (κ3) is 3.23. The maximum absolute atomic E-state index is 6.29. The lowest BCUT2D eigenvalue weighted by Gasteiger charge is -2.06. The fourth-order valence-corrected chi connectivity index (χ4v) is 5.30. The zero-order valence-electron chi connectivity index (χ0n) is 15.8. The summed E-state index contributed by atoms with van der Waals surface area (Å²) in [7, 11) is 0. The van der Waals surface area contributed by atoms with Crippen LogP contribution in [0.15, 0.2) is 51.2 Å². The lowest BCUT2D eigenvalue weighted by molar-refractivity contribution is 0.540. The van der Waals surface area contributed by atoms with Crippen LogP contribution < -0.4 is 0 Å². The Hall–Kier alpha value is -2.35. The molecule has 0 aliphatic heterocycles. The van der Waals surface area contributed by atoms with Gasteiger partial charge < -0.3 is 4.42 Å². The number of hydrogen-bond donors (Lipinski definition) is 0. The molecule has 0 saturated heterocycles. The Kier molecular flexibility index (Phi) is 4.81. The van der Waals surface area contributed by atoms with Gasteiger partial charge >= 0.3 is 0 Å². The molecule has 0 bridgehead atoms. The molecule has 5 aromatic rings. The molecule has 0 spiro atoms. The van der Waals surface area contributed by atoms with E-state index in [0.29, 0.717) is 16.7 Å². The van der Waals surface area contributed by atoms with E-state index in [0.717, 1.165) is 39.8 Å². The first kappa shape index (κ1) is 18.7. The summed E-state index contributed by atoms with van der Waals surface area (Å²) in [4.78, 5) is 4.68. The van der Waals surface area contributed by atoms with E-state index in [-0.39, 0.29) is 0 Å². The van der Waals surface area contributed by atoms with Crippen LogP contribution in [0.4, 0.5) is 0 Å². The molecule has 0 radical (unpaired) electrons. The van der Waals surface area contributed by atoms with Crippen molar-refractivity contribution >= 4 is 50.4 Å². The van der Waals surface area contributed by atoms with Gasteiger partial charge in [0.15, 0.2) is 0 Å². The number of aromatic nitrogens is 4. The van der Waals surface area contributed by atoms with E-state index in [4.69, 9.17) is 16.0 Å². The fourth-order valence-electron chi connectivity index (χ4n) is 3.34. The predicted octanol–water partition coefficient (Wildman–Crippen LogP) is 6.42. The van der Waals surface area contributed by atoms with Gasteiger partial charge in [-0.15, -0.1) is 21.5 Å². The van der Waals surface area contributed by atoms with Gasteiger partial charge in [0.05, 0.1) is 32.0 Å². The van der Waals surface area contributed by atoms with Crippen molar-refractivity contribution in [2.75, 3.05) is 0 Å². The molecule has 0 fully saturated rings. The first-order chi connectivity index (χ1) is 14.2. The van der Waals surface area contributed by atoms with E-state index in [1.807, 2.05) is 31.2 Å². The van der Waals surface area contributed by atoms with Gasteiger partial charge in [-0.05, 0) is 36.6 Å². The van der Waals surface area contributed by atoms with Crippen molar-refractivity contribution in [1.29, 1.82) is 0 Å². The van der Waals surface area contributed by atoms with Crippen molar-refractivity contribution in [2.24, 2.45) is 0 Å². The van der Waals surface area contributed by atoms with E-state index in [2.05, 4.69) is 44.0 Å². The number of benzene rings is 1. The second-order valence-electron chi connectivity index (χ2n) is 6.60. The molecule has 29 heavy (non-hydrogen) atoms. The molecule has 0 amide bonds. The van der Waals surface area contributed by atoms with Crippen LogP contribution in [0.25, 0.3) is 27.2 Å². The Balaban J connectivity index is 1.48. The number of nitrogens with zero attached hydrogens (tertiary/aromatic N) is 4. The number of fused-ring (bicyclic) bond motifs is 3. The molecule has 1 aromatic carbocycles. The molecule has 0 aliphatic rings. The Morgan fingerprint density at radius 3 is 2.86 bits per heavy atom. The molecular formula is C21H17ClN4OS2. The van der Waals surface area contributed by atoms with E-state index >= 15 is 0 Å². The molecule has 0 aliphatic carbocycles. The molecule has 0 saturated carbocycles. The quantitative estimate of drug-likeness (QED) is 0.295. The summed E-state index contributed by atoms with van der Waals surface area (Å²) in [6.07, 6.45) is 0.831. The average Bonchev–Trinajstić information content (AvgIpc) is 3.41. The van der Waals surface area contributed by atoms with Crippen LogP contribution in [-0.2, 0) is 12.2 Å². The highest BCUT2D eigenvalue weighted by Gasteiger charge is 2.17. The Bertz CT molecular complexity index is 1340. The molecule has 146 valence electrons. The van der Waals surface area contributed by atoms with Gasteiger partial charge in [0.25, 0.3) is 0 Å². The molecule has 8 heteroatoms. The lowest BCUT2D eigenvalue weighted by Crippen LogP contribution is -2.03. The Morgan fingerprint density at radius 1 is 1.17 bits per heavy atom. The van der Waals surface area contributed by atoms with Gasteiger partial charge in [0.2, 0.25) is 5.89 Å². The summed E-state index contributed by atoms with van der Waals surface area (Å²) in [6.45, 7) is 4.03. The Morgan fingerprint density at radius 2 is 2.03 bits per heavy atom. The summed E-state index contributed by atoms with van der Waals surface area (Å²) >= 11 is 9.65. The Labute approximate surface area is 180 Å². The number of oxazole rings is 1. The maximum Gasteiger partial charge on any atom is 0.228 e. The number of rotatable bonds is 5. The molecule has 5 nitrogen and oxygen atoms in total. The van der Waals surface area contributed by atoms with Crippen LogP contribution in [-0.4, -0.2) is 19.6 Å². The monoisotopic (exact) mass is 440 g/mol.